The largest absolute Gasteiger partial charge is 0.490 e. The summed E-state index contributed by atoms with van der Waals surface area (Å²) < 4.78 is 11.2. The van der Waals surface area contributed by atoms with Crippen molar-refractivity contribution in [3.63, 3.8) is 0 Å². The molecule has 0 spiro atoms. The molecule has 3 aromatic carbocycles. The second kappa shape index (κ2) is 10.8. The van der Waals surface area contributed by atoms with Crippen molar-refractivity contribution in [2.24, 2.45) is 0 Å². The molecule has 0 atom stereocenters. The minimum absolute atomic E-state index is 0.126. The van der Waals surface area contributed by atoms with Crippen LogP contribution in [0.1, 0.15) is 10.4 Å². The maximum Gasteiger partial charge on any atom is 0.257 e. The van der Waals surface area contributed by atoms with Gasteiger partial charge in [0.1, 0.15) is 24.7 Å². The lowest BCUT2D eigenvalue weighted by atomic mass is 10.2. The average Bonchev–Trinajstić information content (AvgIpc) is 2.71. The molecule has 0 heterocycles. The van der Waals surface area contributed by atoms with E-state index in [2.05, 4.69) is 10.6 Å². The molecule has 8 heteroatoms. The second-order valence-corrected chi connectivity index (χ2v) is 7.39. The Labute approximate surface area is 189 Å². The lowest BCUT2D eigenvalue weighted by Crippen LogP contribution is -2.34. The van der Waals surface area contributed by atoms with Crippen molar-refractivity contribution in [1.29, 1.82) is 0 Å². The Morgan fingerprint density at radius 3 is 2.17 bits per heavy atom. The molecule has 0 aliphatic rings. The summed E-state index contributed by atoms with van der Waals surface area (Å²) in [6.07, 6.45) is 0. The van der Waals surface area contributed by atoms with Crippen LogP contribution in [0.3, 0.4) is 0 Å². The number of hydrogen-bond donors (Lipinski definition) is 2. The zero-order chi connectivity index (χ0) is 21.3. The zero-order valence-electron chi connectivity index (χ0n) is 15.7. The number of rotatable bonds is 7. The third-order valence-electron chi connectivity index (χ3n) is 3.81. The van der Waals surface area contributed by atoms with Crippen molar-refractivity contribution >= 4 is 52.1 Å². The minimum Gasteiger partial charge on any atom is -0.490 e. The Hall–Kier alpha value is -2.80. The predicted octanol–water partition coefficient (Wildman–Crippen LogP) is 5.58. The van der Waals surface area contributed by atoms with Gasteiger partial charge in [0, 0.05) is 21.3 Å². The molecular formula is C22H18Cl2N2O3S. The summed E-state index contributed by atoms with van der Waals surface area (Å²) in [5.74, 6) is 0.961. The van der Waals surface area contributed by atoms with Gasteiger partial charge in [0.15, 0.2) is 5.11 Å². The van der Waals surface area contributed by atoms with Crippen LogP contribution < -0.4 is 20.1 Å². The molecule has 0 saturated heterocycles. The SMILES string of the molecule is O=C(NC(=S)Nc1cc(Cl)cc(Cl)c1)c1cccc(OCCOc2ccccc2)c1. The number of ether oxygens (including phenoxy) is 2. The van der Waals surface area contributed by atoms with Crippen LogP contribution in [0.15, 0.2) is 72.8 Å². The number of hydrogen-bond acceptors (Lipinski definition) is 4. The lowest BCUT2D eigenvalue weighted by molar-refractivity contribution is 0.0977. The first-order chi connectivity index (χ1) is 14.5. The van der Waals surface area contributed by atoms with E-state index in [0.717, 1.165) is 5.75 Å². The fourth-order valence-corrected chi connectivity index (χ4v) is 3.26. The molecule has 1 amide bonds. The minimum atomic E-state index is -0.369. The summed E-state index contributed by atoms with van der Waals surface area (Å²) in [4.78, 5) is 12.5. The summed E-state index contributed by atoms with van der Waals surface area (Å²) in [6.45, 7) is 0.728. The molecule has 2 N–H and O–H groups in total. The highest BCUT2D eigenvalue weighted by molar-refractivity contribution is 7.80. The molecule has 0 aromatic heterocycles. The number of carbonyl (C=O) groups is 1. The van der Waals surface area contributed by atoms with Crippen molar-refractivity contribution in [3.8, 4) is 11.5 Å². The van der Waals surface area contributed by atoms with Crippen molar-refractivity contribution in [2.75, 3.05) is 18.5 Å². The van der Waals surface area contributed by atoms with E-state index in [1.54, 1.807) is 42.5 Å². The third kappa shape index (κ3) is 6.91. The van der Waals surface area contributed by atoms with E-state index in [4.69, 9.17) is 44.9 Å². The quantitative estimate of drug-likeness (QED) is 0.356. The first kappa shape index (κ1) is 21.9. The maximum atomic E-state index is 12.5. The van der Waals surface area contributed by atoms with Gasteiger partial charge in [0.2, 0.25) is 0 Å². The van der Waals surface area contributed by atoms with Gasteiger partial charge in [0.25, 0.3) is 5.91 Å². The number of benzene rings is 3. The van der Waals surface area contributed by atoms with Gasteiger partial charge in [-0.15, -0.1) is 0 Å². The van der Waals surface area contributed by atoms with Gasteiger partial charge in [-0.1, -0.05) is 47.5 Å². The van der Waals surface area contributed by atoms with Crippen LogP contribution in [0.5, 0.6) is 11.5 Å². The number of para-hydroxylation sites is 1. The number of carbonyl (C=O) groups excluding carboxylic acids is 1. The monoisotopic (exact) mass is 460 g/mol. The van der Waals surface area contributed by atoms with E-state index in [-0.39, 0.29) is 11.0 Å². The second-order valence-electron chi connectivity index (χ2n) is 6.10. The first-order valence-electron chi connectivity index (χ1n) is 8.99. The summed E-state index contributed by atoms with van der Waals surface area (Å²) in [7, 11) is 0. The smallest absolute Gasteiger partial charge is 0.257 e. The van der Waals surface area contributed by atoms with Crippen molar-refractivity contribution in [1.82, 2.24) is 5.32 Å². The lowest BCUT2D eigenvalue weighted by Gasteiger charge is -2.12. The molecule has 0 fully saturated rings. The topological polar surface area (TPSA) is 59.6 Å². The fourth-order valence-electron chi connectivity index (χ4n) is 2.53. The Balaban J connectivity index is 1.50. The molecule has 0 radical (unpaired) electrons. The van der Waals surface area contributed by atoms with Crippen molar-refractivity contribution < 1.29 is 14.3 Å². The van der Waals surface area contributed by atoms with E-state index >= 15 is 0 Å². The summed E-state index contributed by atoms with van der Waals surface area (Å²) in [6, 6.07) is 21.2. The summed E-state index contributed by atoms with van der Waals surface area (Å²) >= 11 is 17.1. The van der Waals surface area contributed by atoms with Gasteiger partial charge < -0.3 is 14.8 Å². The average molecular weight is 461 g/mol. The molecule has 0 aliphatic heterocycles. The third-order valence-corrected chi connectivity index (χ3v) is 4.45. The van der Waals surface area contributed by atoms with Crippen LogP contribution >= 0.6 is 35.4 Å². The molecule has 3 rings (SSSR count). The Morgan fingerprint density at radius 2 is 1.47 bits per heavy atom. The number of amides is 1. The standard InChI is InChI=1S/C22H18Cl2N2O3S/c23-16-12-17(24)14-18(13-16)25-22(30)26-21(27)15-5-4-8-20(11-15)29-10-9-28-19-6-2-1-3-7-19/h1-8,11-14H,9-10H2,(H2,25,26,27,30). The molecule has 3 aromatic rings. The number of nitrogens with one attached hydrogen (secondary N) is 2. The van der Waals surface area contributed by atoms with Gasteiger partial charge in [-0.3, -0.25) is 10.1 Å². The van der Waals surface area contributed by atoms with Crippen LogP contribution in [0, 0.1) is 0 Å². The van der Waals surface area contributed by atoms with Gasteiger partial charge in [0.05, 0.1) is 0 Å². The van der Waals surface area contributed by atoms with E-state index in [1.165, 1.54) is 0 Å². The van der Waals surface area contributed by atoms with E-state index < -0.39 is 0 Å². The van der Waals surface area contributed by atoms with Gasteiger partial charge in [-0.2, -0.15) is 0 Å². The molecule has 0 unspecified atom stereocenters. The summed E-state index contributed by atoms with van der Waals surface area (Å²) in [5, 5.41) is 6.54. The molecule has 0 saturated carbocycles. The van der Waals surface area contributed by atoms with Gasteiger partial charge >= 0.3 is 0 Å². The van der Waals surface area contributed by atoms with E-state index in [1.807, 2.05) is 30.3 Å². The number of thiocarbonyl (C=S) groups is 1. The van der Waals surface area contributed by atoms with Gasteiger partial charge in [-0.25, -0.2) is 0 Å². The highest BCUT2D eigenvalue weighted by atomic mass is 35.5. The molecule has 0 bridgehead atoms. The Bertz CT molecular complexity index is 1010. The fraction of sp³-hybridized carbons (Fsp3) is 0.0909. The Kier molecular flexibility index (Phi) is 7.90. The predicted molar refractivity (Wildman–Crippen MR) is 124 cm³/mol. The molecule has 0 aliphatic carbocycles. The van der Waals surface area contributed by atoms with Gasteiger partial charge in [-0.05, 0) is 60.7 Å². The highest BCUT2D eigenvalue weighted by Gasteiger charge is 2.10. The van der Waals surface area contributed by atoms with Crippen molar-refractivity contribution in [2.45, 2.75) is 0 Å². The molecule has 5 nitrogen and oxygen atoms in total. The number of halogens is 2. The zero-order valence-corrected chi connectivity index (χ0v) is 18.1. The van der Waals surface area contributed by atoms with Crippen LogP contribution in [-0.2, 0) is 0 Å². The molecule has 154 valence electrons. The van der Waals surface area contributed by atoms with E-state index in [9.17, 15) is 4.79 Å². The highest BCUT2D eigenvalue weighted by Crippen LogP contribution is 2.22. The first-order valence-corrected chi connectivity index (χ1v) is 10.2. The van der Waals surface area contributed by atoms with Crippen LogP contribution in [0.4, 0.5) is 5.69 Å². The summed E-state index contributed by atoms with van der Waals surface area (Å²) in [5.41, 5.74) is 0.984. The normalized spacial score (nSPS) is 10.2. The molecule has 30 heavy (non-hydrogen) atoms. The maximum absolute atomic E-state index is 12.5. The Morgan fingerprint density at radius 1 is 0.833 bits per heavy atom. The van der Waals surface area contributed by atoms with Crippen LogP contribution in [-0.4, -0.2) is 24.2 Å². The number of anilines is 1. The molecular weight excluding hydrogens is 443 g/mol. The van der Waals surface area contributed by atoms with Crippen LogP contribution in [0.2, 0.25) is 10.0 Å². The van der Waals surface area contributed by atoms with E-state index in [0.29, 0.717) is 40.3 Å². The van der Waals surface area contributed by atoms with Crippen molar-refractivity contribution in [3.05, 3.63) is 88.4 Å². The van der Waals surface area contributed by atoms with Crippen LogP contribution in [0.25, 0.3) is 0 Å².